The summed E-state index contributed by atoms with van der Waals surface area (Å²) in [6.07, 6.45) is 0. The summed E-state index contributed by atoms with van der Waals surface area (Å²) in [6.45, 7) is 6.33. The first kappa shape index (κ1) is 22.2. The second kappa shape index (κ2) is 11.7. The van der Waals surface area contributed by atoms with Crippen molar-refractivity contribution < 1.29 is 54.7 Å². The predicted molar refractivity (Wildman–Crippen MR) is 95.5 cm³/mol. The third kappa shape index (κ3) is 6.80. The number of phenols is 1. The van der Waals surface area contributed by atoms with Gasteiger partial charge < -0.3 is 5.11 Å². The molecule has 9 heteroatoms. The van der Waals surface area contributed by atoms with E-state index in [0.717, 1.165) is 7.14 Å². The molecule has 0 unspecified atom stereocenters. The van der Waals surface area contributed by atoms with Gasteiger partial charge in [0.15, 0.2) is 7.14 Å². The first-order chi connectivity index (χ1) is 13.1. The highest BCUT2D eigenvalue weighted by Gasteiger charge is 2.50. The van der Waals surface area contributed by atoms with E-state index >= 15 is 0 Å². The molecule has 2 aromatic carbocycles. The van der Waals surface area contributed by atoms with Gasteiger partial charge in [0, 0.05) is 11.3 Å². The van der Waals surface area contributed by atoms with Gasteiger partial charge in [0.1, 0.15) is 5.75 Å². The summed E-state index contributed by atoms with van der Waals surface area (Å²) < 4.78 is 18.7. The molecule has 148 valence electrons. The van der Waals surface area contributed by atoms with Crippen LogP contribution in [0.2, 0.25) is 0 Å². The van der Waals surface area contributed by atoms with Crippen LogP contribution >= 0.6 is 0 Å². The zero-order valence-corrected chi connectivity index (χ0v) is 18.7. The number of phenolic OH excluding ortho intramolecular Hbond substituents is 1. The van der Waals surface area contributed by atoms with Gasteiger partial charge in [-0.05, 0) is 45.0 Å². The fourth-order valence-corrected chi connectivity index (χ4v) is 6.57. The monoisotopic (exact) mass is 507 g/mol. The largest absolute Gasteiger partial charge is 0.620 e. The maximum atomic E-state index is 9.68. The van der Waals surface area contributed by atoms with Gasteiger partial charge in [0.25, 0.3) is 0 Å². The highest BCUT2D eigenvalue weighted by atomic mass is 127. The van der Waals surface area contributed by atoms with Crippen molar-refractivity contribution in [2.75, 3.05) is 19.8 Å². The maximum Gasteiger partial charge on any atom is 0.620 e. The van der Waals surface area contributed by atoms with Crippen molar-refractivity contribution in [3.63, 3.8) is 0 Å². The molecule has 7 nitrogen and oxygen atoms in total. The Balaban J connectivity index is 2.32. The van der Waals surface area contributed by atoms with E-state index in [4.69, 9.17) is 28.4 Å². The number of benzene rings is 2. The van der Waals surface area contributed by atoms with Gasteiger partial charge in [-0.3, -0.25) is 0 Å². The van der Waals surface area contributed by atoms with E-state index < -0.39 is 30.0 Å². The first-order valence-electron chi connectivity index (χ1n) is 8.59. The number of aromatic hydroxyl groups is 1. The normalized spacial score (nSPS) is 11.7. The molecule has 0 radical (unpaired) electrons. The van der Waals surface area contributed by atoms with E-state index in [-0.39, 0.29) is 5.75 Å². The lowest BCUT2D eigenvalue weighted by atomic mass is 10.3. The molecule has 27 heavy (non-hydrogen) atoms. The number of halogens is 1. The molecular weight excluding hydrogens is 483 g/mol. The lowest BCUT2D eigenvalue weighted by Gasteiger charge is -2.25. The maximum absolute atomic E-state index is 9.68. The molecule has 0 atom stereocenters. The van der Waals surface area contributed by atoms with Gasteiger partial charge in [-0.1, -0.05) is 18.2 Å². The van der Waals surface area contributed by atoms with Crippen LogP contribution in [0, 0.1) is 7.14 Å². The van der Waals surface area contributed by atoms with Crippen LogP contribution in [0.4, 0.5) is 0 Å². The van der Waals surface area contributed by atoms with Crippen LogP contribution in [0.5, 0.6) is 5.75 Å². The van der Waals surface area contributed by atoms with E-state index in [9.17, 15) is 5.11 Å². The number of rotatable bonds is 12. The second-order valence-electron chi connectivity index (χ2n) is 5.11. The molecule has 0 aliphatic carbocycles. The third-order valence-corrected chi connectivity index (χ3v) is 7.68. The highest BCUT2D eigenvalue weighted by Crippen LogP contribution is 2.13. The molecule has 0 aliphatic rings. The van der Waals surface area contributed by atoms with Crippen LogP contribution in [0.25, 0.3) is 0 Å². The Bertz CT molecular complexity index is 679. The average Bonchev–Trinajstić information content (AvgIpc) is 2.68. The van der Waals surface area contributed by atoms with E-state index in [0.29, 0.717) is 25.0 Å². The molecule has 2 rings (SSSR count). The highest BCUT2D eigenvalue weighted by molar-refractivity contribution is 6.74. The quantitative estimate of drug-likeness (QED) is 0.181. The SMILES string of the molecule is CCOO[Si](OOCC)(OOCC)c1cccc([I+]c2cccc(O)c2)c1. The fraction of sp³-hybridized carbons (Fsp3) is 0.333. The fourth-order valence-electron chi connectivity index (χ4n) is 1.99. The van der Waals surface area contributed by atoms with Gasteiger partial charge in [-0.25, -0.2) is 28.4 Å². The second-order valence-corrected chi connectivity index (χ2v) is 10.3. The Hall–Kier alpha value is -1.05. The summed E-state index contributed by atoms with van der Waals surface area (Å²) in [4.78, 5) is 15.4. The lowest BCUT2D eigenvalue weighted by molar-refractivity contribution is -0.597. The summed E-state index contributed by atoms with van der Waals surface area (Å²) in [5.74, 6) is 0.256. The summed E-state index contributed by atoms with van der Waals surface area (Å²) >= 11 is -0.521. The Kier molecular flexibility index (Phi) is 9.65. The predicted octanol–water partition coefficient (Wildman–Crippen LogP) is -0.429. The number of hydrogen-bond acceptors (Lipinski definition) is 7. The van der Waals surface area contributed by atoms with Gasteiger partial charge in [0.05, 0.1) is 19.8 Å². The molecule has 0 fully saturated rings. The van der Waals surface area contributed by atoms with Crippen molar-refractivity contribution in [1.29, 1.82) is 0 Å². The molecule has 0 heterocycles. The van der Waals surface area contributed by atoms with E-state index in [1.807, 2.05) is 36.4 Å². The van der Waals surface area contributed by atoms with Gasteiger partial charge in [0.2, 0.25) is 0 Å². The van der Waals surface area contributed by atoms with E-state index in [1.54, 1.807) is 32.9 Å². The Labute approximate surface area is 170 Å². The molecule has 0 aliphatic heterocycles. The summed E-state index contributed by atoms with van der Waals surface area (Å²) in [6, 6.07) is 14.9. The van der Waals surface area contributed by atoms with Crippen LogP contribution in [-0.2, 0) is 28.4 Å². The summed E-state index contributed by atoms with van der Waals surface area (Å²) in [7, 11) is -3.59. The lowest BCUT2D eigenvalue weighted by Crippen LogP contribution is -3.61. The molecule has 0 saturated heterocycles. The van der Waals surface area contributed by atoms with Crippen molar-refractivity contribution in [2.24, 2.45) is 0 Å². The minimum absolute atomic E-state index is 0.256. The van der Waals surface area contributed by atoms with Crippen molar-refractivity contribution in [1.82, 2.24) is 0 Å². The Morgan fingerprint density at radius 1 is 0.778 bits per heavy atom. The number of hydrogen-bond donors (Lipinski definition) is 1. The zero-order valence-electron chi connectivity index (χ0n) is 15.5. The van der Waals surface area contributed by atoms with Gasteiger partial charge >= 0.3 is 30.0 Å². The van der Waals surface area contributed by atoms with Gasteiger partial charge in [-0.2, -0.15) is 0 Å². The molecular formula is C18H24IO7Si+. The van der Waals surface area contributed by atoms with Crippen molar-refractivity contribution >= 4 is 14.0 Å². The van der Waals surface area contributed by atoms with Gasteiger partial charge in [-0.15, -0.1) is 0 Å². The molecule has 2 aromatic rings. The molecule has 1 N–H and O–H groups in total. The molecule has 0 amide bonds. The van der Waals surface area contributed by atoms with Crippen LogP contribution in [0.15, 0.2) is 48.5 Å². The summed E-state index contributed by atoms with van der Waals surface area (Å²) in [5, 5.41) is 10.3. The Morgan fingerprint density at radius 2 is 1.30 bits per heavy atom. The van der Waals surface area contributed by atoms with Crippen molar-refractivity contribution in [2.45, 2.75) is 20.8 Å². The molecule has 0 saturated carbocycles. The van der Waals surface area contributed by atoms with E-state index in [1.165, 1.54) is 0 Å². The smallest absolute Gasteiger partial charge is 0.508 e. The van der Waals surface area contributed by atoms with Crippen LogP contribution in [-0.4, -0.2) is 33.7 Å². The van der Waals surface area contributed by atoms with Crippen molar-refractivity contribution in [3.8, 4) is 5.75 Å². The van der Waals surface area contributed by atoms with Crippen LogP contribution in [0.3, 0.4) is 0 Å². The topological polar surface area (TPSA) is 75.6 Å². The Morgan fingerprint density at radius 3 is 1.81 bits per heavy atom. The average molecular weight is 507 g/mol. The summed E-state index contributed by atoms with van der Waals surface area (Å²) in [5.41, 5.74) is 0. The first-order valence-corrected chi connectivity index (χ1v) is 12.5. The zero-order chi connectivity index (χ0) is 19.5. The van der Waals surface area contributed by atoms with Crippen LogP contribution < -0.4 is 26.4 Å². The minimum atomic E-state index is -3.59. The van der Waals surface area contributed by atoms with Crippen LogP contribution in [0.1, 0.15) is 20.8 Å². The minimum Gasteiger partial charge on any atom is -0.508 e. The molecule has 0 bridgehead atoms. The van der Waals surface area contributed by atoms with Crippen molar-refractivity contribution in [3.05, 3.63) is 55.7 Å². The molecule has 0 spiro atoms. The standard InChI is InChI=1S/C18H23IO7Si/c1-4-21-24-27(25-22-5-2,26-23-6-3)18-12-8-10-16(14-18)19-15-9-7-11-17(20)13-15/h7-14H,4-6H2,1-3H3/p+1. The van der Waals surface area contributed by atoms with E-state index in [2.05, 4.69) is 0 Å². The molecule has 0 aromatic heterocycles. The third-order valence-electron chi connectivity index (χ3n) is 3.06.